The molecular weight excluding hydrogens is 388 g/mol. The second kappa shape index (κ2) is 5.23. The number of aryl methyl sites for hydroxylation is 1. The fourth-order valence-electron chi connectivity index (χ4n) is 1.79. The summed E-state index contributed by atoms with van der Waals surface area (Å²) in [5.74, 6) is 0. The molecule has 2 nitrogen and oxygen atoms in total. The number of anilines is 2. The van der Waals surface area contributed by atoms with E-state index in [0.29, 0.717) is 0 Å². The number of aromatic nitrogens is 1. The number of fused-ring (bicyclic) bond motifs is 1. The van der Waals surface area contributed by atoms with E-state index in [1.165, 1.54) is 10.3 Å². The predicted octanol–water partition coefficient (Wildman–Crippen LogP) is 5.87. The summed E-state index contributed by atoms with van der Waals surface area (Å²) >= 11 is 8.66. The molecule has 0 radical (unpaired) electrons. The number of rotatable bonds is 2. The number of thiazole rings is 1. The average molecular weight is 398 g/mol. The summed E-state index contributed by atoms with van der Waals surface area (Å²) in [6.07, 6.45) is 0. The molecule has 0 spiro atoms. The van der Waals surface area contributed by atoms with E-state index in [1.807, 2.05) is 18.2 Å². The minimum atomic E-state index is 0.906. The molecule has 1 N–H and O–H groups in total. The number of halogens is 2. The molecule has 3 aromatic rings. The number of benzene rings is 2. The molecule has 1 heterocycles. The van der Waals surface area contributed by atoms with E-state index in [4.69, 9.17) is 0 Å². The van der Waals surface area contributed by atoms with Gasteiger partial charge in [-0.2, -0.15) is 0 Å². The van der Waals surface area contributed by atoms with Crippen molar-refractivity contribution in [3.05, 3.63) is 50.9 Å². The highest BCUT2D eigenvalue weighted by molar-refractivity contribution is 9.11. The first kappa shape index (κ1) is 13.1. The maximum atomic E-state index is 4.59. The van der Waals surface area contributed by atoms with Gasteiger partial charge in [-0.15, -0.1) is 0 Å². The summed E-state index contributed by atoms with van der Waals surface area (Å²) in [4.78, 5) is 4.59. The van der Waals surface area contributed by atoms with Gasteiger partial charge in [0.25, 0.3) is 0 Å². The van der Waals surface area contributed by atoms with Gasteiger partial charge in [0, 0.05) is 8.95 Å². The van der Waals surface area contributed by atoms with Gasteiger partial charge in [-0.05, 0) is 58.7 Å². The van der Waals surface area contributed by atoms with E-state index in [9.17, 15) is 0 Å². The first-order valence-corrected chi connectivity index (χ1v) is 8.11. The normalized spacial score (nSPS) is 10.9. The smallest absolute Gasteiger partial charge is 0.188 e. The average Bonchev–Trinajstić information content (AvgIpc) is 2.74. The van der Waals surface area contributed by atoms with Crippen LogP contribution in [0.4, 0.5) is 10.8 Å². The highest BCUT2D eigenvalue weighted by atomic mass is 79.9. The lowest BCUT2D eigenvalue weighted by atomic mass is 10.2. The molecule has 0 saturated carbocycles. The van der Waals surface area contributed by atoms with Crippen LogP contribution >= 0.6 is 43.2 Å². The van der Waals surface area contributed by atoms with Gasteiger partial charge in [0.2, 0.25) is 0 Å². The molecule has 19 heavy (non-hydrogen) atoms. The molecule has 0 aliphatic rings. The highest BCUT2D eigenvalue weighted by Gasteiger charge is 2.06. The van der Waals surface area contributed by atoms with Gasteiger partial charge in [-0.3, -0.25) is 0 Å². The fourth-order valence-corrected chi connectivity index (χ4v) is 3.91. The zero-order valence-corrected chi connectivity index (χ0v) is 14.1. The molecule has 3 rings (SSSR count). The molecule has 0 bridgehead atoms. The van der Waals surface area contributed by atoms with Crippen LogP contribution < -0.4 is 5.32 Å². The van der Waals surface area contributed by atoms with Crippen molar-refractivity contribution in [1.29, 1.82) is 0 Å². The van der Waals surface area contributed by atoms with Crippen molar-refractivity contribution in [3.8, 4) is 0 Å². The molecule has 96 valence electrons. The van der Waals surface area contributed by atoms with E-state index in [0.717, 1.165) is 25.3 Å². The van der Waals surface area contributed by atoms with Crippen molar-refractivity contribution in [2.45, 2.75) is 6.92 Å². The van der Waals surface area contributed by atoms with Crippen molar-refractivity contribution < 1.29 is 0 Å². The lowest BCUT2D eigenvalue weighted by Gasteiger charge is -2.05. The Hall–Kier alpha value is -0.910. The zero-order valence-electron chi connectivity index (χ0n) is 10.1. The van der Waals surface area contributed by atoms with Gasteiger partial charge in [-0.25, -0.2) is 4.98 Å². The summed E-state index contributed by atoms with van der Waals surface area (Å²) in [5, 5.41) is 4.25. The molecule has 0 saturated heterocycles. The molecule has 0 aliphatic heterocycles. The van der Waals surface area contributed by atoms with Crippen LogP contribution in [0.3, 0.4) is 0 Å². The SMILES string of the molecule is Cc1ccc2nc(Nc3ccc(Br)cc3Br)sc2c1. The molecule has 5 heteroatoms. The number of hydrogen-bond donors (Lipinski definition) is 1. The van der Waals surface area contributed by atoms with Crippen LogP contribution in [0, 0.1) is 6.92 Å². The molecule has 0 fully saturated rings. The topological polar surface area (TPSA) is 24.9 Å². The summed E-state index contributed by atoms with van der Waals surface area (Å²) in [6, 6.07) is 12.3. The van der Waals surface area contributed by atoms with E-state index >= 15 is 0 Å². The van der Waals surface area contributed by atoms with Crippen molar-refractivity contribution >= 4 is 64.2 Å². The minimum Gasteiger partial charge on any atom is -0.331 e. The molecule has 0 amide bonds. The van der Waals surface area contributed by atoms with E-state index in [2.05, 4.69) is 67.3 Å². The Morgan fingerprint density at radius 3 is 2.74 bits per heavy atom. The minimum absolute atomic E-state index is 0.906. The summed E-state index contributed by atoms with van der Waals surface area (Å²) in [7, 11) is 0. The van der Waals surface area contributed by atoms with Crippen LogP contribution in [0.15, 0.2) is 45.3 Å². The first-order valence-electron chi connectivity index (χ1n) is 5.71. The first-order chi connectivity index (χ1) is 9.11. The summed E-state index contributed by atoms with van der Waals surface area (Å²) in [6.45, 7) is 2.09. The quantitative estimate of drug-likeness (QED) is 0.584. The second-order valence-electron chi connectivity index (χ2n) is 4.24. The van der Waals surface area contributed by atoms with Crippen LogP contribution in [-0.4, -0.2) is 4.98 Å². The predicted molar refractivity (Wildman–Crippen MR) is 89.5 cm³/mol. The monoisotopic (exact) mass is 396 g/mol. The van der Waals surface area contributed by atoms with E-state index in [1.54, 1.807) is 11.3 Å². The van der Waals surface area contributed by atoms with Gasteiger partial charge < -0.3 is 5.32 Å². The van der Waals surface area contributed by atoms with Gasteiger partial charge >= 0.3 is 0 Å². The standard InChI is InChI=1S/C14H10Br2N2S/c1-8-2-4-12-13(6-8)19-14(18-12)17-11-5-3-9(15)7-10(11)16/h2-7H,1H3,(H,17,18). The van der Waals surface area contributed by atoms with Crippen molar-refractivity contribution in [1.82, 2.24) is 4.98 Å². The van der Waals surface area contributed by atoms with Gasteiger partial charge in [-0.1, -0.05) is 33.3 Å². The molecular formula is C14H10Br2N2S. The number of nitrogens with zero attached hydrogens (tertiary/aromatic N) is 1. The van der Waals surface area contributed by atoms with Crippen molar-refractivity contribution in [2.24, 2.45) is 0 Å². The third-order valence-electron chi connectivity index (χ3n) is 2.72. The third-order valence-corrected chi connectivity index (χ3v) is 4.80. The maximum absolute atomic E-state index is 4.59. The summed E-state index contributed by atoms with van der Waals surface area (Å²) < 4.78 is 3.26. The lowest BCUT2D eigenvalue weighted by Crippen LogP contribution is -1.90. The van der Waals surface area contributed by atoms with Gasteiger partial charge in [0.1, 0.15) is 0 Å². The zero-order chi connectivity index (χ0) is 13.4. The Morgan fingerprint density at radius 2 is 1.95 bits per heavy atom. The Bertz CT molecular complexity index is 752. The third kappa shape index (κ3) is 2.83. The van der Waals surface area contributed by atoms with Crippen LogP contribution in [0.1, 0.15) is 5.56 Å². The van der Waals surface area contributed by atoms with Crippen LogP contribution in [-0.2, 0) is 0 Å². The highest BCUT2D eigenvalue weighted by Crippen LogP contribution is 2.32. The molecule has 1 aromatic heterocycles. The molecule has 2 aromatic carbocycles. The summed E-state index contributed by atoms with van der Waals surface area (Å²) in [5.41, 5.74) is 3.30. The number of hydrogen-bond acceptors (Lipinski definition) is 3. The fraction of sp³-hybridized carbons (Fsp3) is 0.0714. The van der Waals surface area contributed by atoms with Crippen LogP contribution in [0.25, 0.3) is 10.2 Å². The largest absolute Gasteiger partial charge is 0.331 e. The maximum Gasteiger partial charge on any atom is 0.188 e. The van der Waals surface area contributed by atoms with Crippen LogP contribution in [0.2, 0.25) is 0 Å². The Labute approximate surface area is 132 Å². The Kier molecular flexibility index (Phi) is 3.60. The Balaban J connectivity index is 1.96. The number of nitrogens with one attached hydrogen (secondary N) is 1. The van der Waals surface area contributed by atoms with Gasteiger partial charge in [0.05, 0.1) is 15.9 Å². The molecule has 0 aliphatic carbocycles. The van der Waals surface area contributed by atoms with Crippen LogP contribution in [0.5, 0.6) is 0 Å². The van der Waals surface area contributed by atoms with Crippen molar-refractivity contribution in [3.63, 3.8) is 0 Å². The molecule has 0 unspecified atom stereocenters. The lowest BCUT2D eigenvalue weighted by molar-refractivity contribution is 1.42. The van der Waals surface area contributed by atoms with E-state index < -0.39 is 0 Å². The Morgan fingerprint density at radius 1 is 1.11 bits per heavy atom. The second-order valence-corrected chi connectivity index (χ2v) is 7.04. The van der Waals surface area contributed by atoms with E-state index in [-0.39, 0.29) is 0 Å². The molecule has 0 atom stereocenters. The van der Waals surface area contributed by atoms with Crippen molar-refractivity contribution in [2.75, 3.05) is 5.32 Å². The van der Waals surface area contributed by atoms with Gasteiger partial charge in [0.15, 0.2) is 5.13 Å².